The number of carbonyl (C=O) groups is 1. The summed E-state index contributed by atoms with van der Waals surface area (Å²) in [6.45, 7) is 1.84. The third kappa shape index (κ3) is 10.5. The Kier molecular flexibility index (Phi) is 8.59. The van der Waals surface area contributed by atoms with Crippen LogP contribution in [0.5, 0.6) is 0 Å². The molecular weight excluding hydrogens is 178 g/mol. The largest absolute Gasteiger partial charge is 0.466 e. The number of nitrogens with zero attached hydrogens (tertiary/aromatic N) is 1. The topological polar surface area (TPSA) is 50.1 Å². The van der Waals surface area contributed by atoms with Gasteiger partial charge in [0.05, 0.1) is 12.7 Å². The quantitative estimate of drug-likeness (QED) is 0.381. The van der Waals surface area contributed by atoms with E-state index in [9.17, 15) is 4.79 Å². The van der Waals surface area contributed by atoms with Crippen molar-refractivity contribution in [1.29, 1.82) is 5.26 Å². The Hall–Kier alpha value is -1.48. The summed E-state index contributed by atoms with van der Waals surface area (Å²) in [5.74, 6) is 5.69. The maximum absolute atomic E-state index is 10.4. The van der Waals surface area contributed by atoms with E-state index in [4.69, 9.17) is 10.00 Å². The minimum atomic E-state index is -0.244. The van der Waals surface area contributed by atoms with E-state index in [-0.39, 0.29) is 5.97 Å². The van der Waals surface area contributed by atoms with Crippen molar-refractivity contribution in [1.82, 2.24) is 0 Å². The molecule has 0 saturated carbocycles. The standard InChI is InChI=1S/C11H15NO2/c1-11(13)14-10-8-6-4-2-3-5-7-9-12/h3,5-8,10H2,1H3. The number of hydrogen-bond donors (Lipinski definition) is 0. The third-order valence-electron chi connectivity index (χ3n) is 1.47. The zero-order valence-electron chi connectivity index (χ0n) is 8.51. The minimum absolute atomic E-state index is 0.244. The first-order chi connectivity index (χ1) is 6.77. The lowest BCUT2D eigenvalue weighted by atomic mass is 10.2. The second-order valence-corrected chi connectivity index (χ2v) is 2.81. The van der Waals surface area contributed by atoms with Gasteiger partial charge in [-0.1, -0.05) is 0 Å². The summed E-state index contributed by atoms with van der Waals surface area (Å²) in [7, 11) is 0. The van der Waals surface area contributed by atoms with Crippen LogP contribution in [0.4, 0.5) is 0 Å². The van der Waals surface area contributed by atoms with Gasteiger partial charge in [-0.25, -0.2) is 0 Å². The van der Waals surface area contributed by atoms with Crippen LogP contribution in [0.25, 0.3) is 0 Å². The molecule has 0 N–H and O–H groups in total. The van der Waals surface area contributed by atoms with Gasteiger partial charge >= 0.3 is 5.97 Å². The Morgan fingerprint density at radius 2 is 1.86 bits per heavy atom. The van der Waals surface area contributed by atoms with E-state index in [2.05, 4.69) is 17.9 Å². The number of hydrogen-bond acceptors (Lipinski definition) is 3. The molecule has 0 spiro atoms. The van der Waals surface area contributed by atoms with Crippen LogP contribution in [0, 0.1) is 23.2 Å². The van der Waals surface area contributed by atoms with Crippen LogP contribution >= 0.6 is 0 Å². The molecule has 76 valence electrons. The highest BCUT2D eigenvalue weighted by atomic mass is 16.5. The van der Waals surface area contributed by atoms with Crippen molar-refractivity contribution in [2.24, 2.45) is 0 Å². The molecule has 0 aliphatic rings. The molecule has 0 heterocycles. The van der Waals surface area contributed by atoms with Gasteiger partial charge in [0, 0.05) is 26.2 Å². The number of ether oxygens (including phenoxy) is 1. The van der Waals surface area contributed by atoms with Gasteiger partial charge < -0.3 is 4.74 Å². The van der Waals surface area contributed by atoms with E-state index in [1.165, 1.54) is 6.92 Å². The van der Waals surface area contributed by atoms with Gasteiger partial charge in [0.1, 0.15) is 0 Å². The van der Waals surface area contributed by atoms with Crippen LogP contribution in [-0.2, 0) is 9.53 Å². The van der Waals surface area contributed by atoms with Gasteiger partial charge in [-0.3, -0.25) is 4.79 Å². The molecule has 0 aromatic carbocycles. The van der Waals surface area contributed by atoms with Crippen LogP contribution in [0.3, 0.4) is 0 Å². The zero-order valence-corrected chi connectivity index (χ0v) is 8.51. The van der Waals surface area contributed by atoms with Crippen LogP contribution in [0.15, 0.2) is 0 Å². The predicted molar refractivity (Wildman–Crippen MR) is 53.1 cm³/mol. The fourth-order valence-electron chi connectivity index (χ4n) is 0.809. The van der Waals surface area contributed by atoms with Gasteiger partial charge in [0.15, 0.2) is 0 Å². The van der Waals surface area contributed by atoms with Crippen molar-refractivity contribution in [3.63, 3.8) is 0 Å². The predicted octanol–water partition coefficient (Wildman–Crippen LogP) is 2.03. The lowest BCUT2D eigenvalue weighted by Crippen LogP contribution is -1.99. The molecule has 3 heteroatoms. The molecule has 0 unspecified atom stereocenters. The van der Waals surface area contributed by atoms with Crippen molar-refractivity contribution in [3.8, 4) is 17.9 Å². The first-order valence-electron chi connectivity index (χ1n) is 4.73. The number of rotatable bonds is 5. The van der Waals surface area contributed by atoms with E-state index in [1.807, 2.05) is 0 Å². The van der Waals surface area contributed by atoms with Crippen molar-refractivity contribution in [2.75, 3.05) is 6.61 Å². The summed E-state index contributed by atoms with van der Waals surface area (Å²) in [6, 6.07) is 2.07. The van der Waals surface area contributed by atoms with E-state index in [0.29, 0.717) is 13.0 Å². The molecule has 0 aliphatic carbocycles. The summed E-state index contributed by atoms with van der Waals surface area (Å²) in [4.78, 5) is 10.4. The molecule has 0 saturated heterocycles. The highest BCUT2D eigenvalue weighted by Crippen LogP contribution is 1.93. The van der Waals surface area contributed by atoms with E-state index >= 15 is 0 Å². The maximum Gasteiger partial charge on any atom is 0.302 e. The summed E-state index contributed by atoms with van der Waals surface area (Å²) in [5, 5.41) is 8.24. The number of carbonyl (C=O) groups excluding carboxylic acids is 1. The van der Waals surface area contributed by atoms with Crippen LogP contribution in [0.1, 0.15) is 39.0 Å². The SMILES string of the molecule is CC(=O)OCCCC#CCCCC#N. The Morgan fingerprint density at radius 3 is 2.43 bits per heavy atom. The summed E-state index contributed by atoms with van der Waals surface area (Å²) in [6.07, 6.45) is 3.72. The average Bonchev–Trinajstić information content (AvgIpc) is 2.15. The van der Waals surface area contributed by atoms with Gasteiger partial charge in [0.2, 0.25) is 0 Å². The zero-order chi connectivity index (χ0) is 10.6. The Labute approximate surface area is 85.1 Å². The van der Waals surface area contributed by atoms with Gasteiger partial charge in [0.25, 0.3) is 0 Å². The molecule has 0 aliphatic heterocycles. The smallest absolute Gasteiger partial charge is 0.302 e. The highest BCUT2D eigenvalue weighted by molar-refractivity contribution is 5.65. The fourth-order valence-corrected chi connectivity index (χ4v) is 0.809. The summed E-state index contributed by atoms with van der Waals surface area (Å²) >= 11 is 0. The number of nitriles is 1. The molecule has 14 heavy (non-hydrogen) atoms. The molecule has 0 fully saturated rings. The first-order valence-corrected chi connectivity index (χ1v) is 4.73. The van der Waals surface area contributed by atoms with Crippen molar-refractivity contribution >= 4 is 5.97 Å². The normalized spacial score (nSPS) is 8.29. The second-order valence-electron chi connectivity index (χ2n) is 2.81. The molecule has 0 bridgehead atoms. The molecular formula is C11H15NO2. The molecule has 0 rings (SSSR count). The number of esters is 1. The third-order valence-corrected chi connectivity index (χ3v) is 1.47. The molecule has 0 amide bonds. The molecule has 0 radical (unpaired) electrons. The average molecular weight is 193 g/mol. The molecule has 0 aromatic rings. The van der Waals surface area contributed by atoms with E-state index in [0.717, 1.165) is 25.7 Å². The van der Waals surface area contributed by atoms with Crippen LogP contribution in [0.2, 0.25) is 0 Å². The van der Waals surface area contributed by atoms with Crippen molar-refractivity contribution < 1.29 is 9.53 Å². The lowest BCUT2D eigenvalue weighted by molar-refractivity contribution is -0.141. The van der Waals surface area contributed by atoms with Crippen molar-refractivity contribution in [2.45, 2.75) is 39.0 Å². The van der Waals surface area contributed by atoms with Gasteiger partial charge in [-0.15, -0.1) is 11.8 Å². The molecule has 0 atom stereocenters. The van der Waals surface area contributed by atoms with Crippen LogP contribution in [-0.4, -0.2) is 12.6 Å². The van der Waals surface area contributed by atoms with Gasteiger partial charge in [-0.05, 0) is 12.8 Å². The Balaban J connectivity index is 3.18. The summed E-state index contributed by atoms with van der Waals surface area (Å²) < 4.78 is 4.74. The monoisotopic (exact) mass is 193 g/mol. The fraction of sp³-hybridized carbons (Fsp3) is 0.636. The molecule has 3 nitrogen and oxygen atoms in total. The Morgan fingerprint density at radius 1 is 1.21 bits per heavy atom. The molecule has 0 aromatic heterocycles. The number of unbranched alkanes of at least 4 members (excludes halogenated alkanes) is 3. The highest BCUT2D eigenvalue weighted by Gasteiger charge is 1.89. The Bertz CT molecular complexity index is 255. The first kappa shape index (κ1) is 12.5. The minimum Gasteiger partial charge on any atom is -0.466 e. The van der Waals surface area contributed by atoms with Crippen LogP contribution < -0.4 is 0 Å². The van der Waals surface area contributed by atoms with Gasteiger partial charge in [-0.2, -0.15) is 5.26 Å². The second kappa shape index (κ2) is 9.61. The van der Waals surface area contributed by atoms with E-state index in [1.54, 1.807) is 0 Å². The maximum atomic E-state index is 10.4. The van der Waals surface area contributed by atoms with E-state index < -0.39 is 0 Å². The lowest BCUT2D eigenvalue weighted by Gasteiger charge is -1.96. The summed E-state index contributed by atoms with van der Waals surface area (Å²) in [5.41, 5.74) is 0. The van der Waals surface area contributed by atoms with Crippen molar-refractivity contribution in [3.05, 3.63) is 0 Å².